The second-order valence-electron chi connectivity index (χ2n) is 11.2. The third kappa shape index (κ3) is 8.97. The molecule has 0 bridgehead atoms. The van der Waals surface area contributed by atoms with Crippen LogP contribution in [0.4, 0.5) is 26.6 Å². The Morgan fingerprint density at radius 3 is 2.21 bits per heavy atom. The van der Waals surface area contributed by atoms with Crippen LogP contribution >= 0.6 is 0 Å². The summed E-state index contributed by atoms with van der Waals surface area (Å²) in [6, 6.07) is 16.5. The van der Waals surface area contributed by atoms with Crippen molar-refractivity contribution in [3.05, 3.63) is 94.9 Å². The van der Waals surface area contributed by atoms with Crippen molar-refractivity contribution in [3.8, 4) is 17.2 Å². The average molecular weight is 659 g/mol. The lowest BCUT2D eigenvalue weighted by molar-refractivity contribution is 0.0779. The highest BCUT2D eigenvalue weighted by Gasteiger charge is 2.24. The summed E-state index contributed by atoms with van der Waals surface area (Å²) >= 11 is 0. The number of carbonyl (C=O) groups is 2. The number of nitrogens with one attached hydrogen (secondary N) is 1. The van der Waals surface area contributed by atoms with Crippen molar-refractivity contribution in [1.82, 2.24) is 19.8 Å². The Labute approximate surface area is 281 Å². The van der Waals surface area contributed by atoms with E-state index in [1.807, 2.05) is 0 Å². The Morgan fingerprint density at radius 1 is 0.896 bits per heavy atom. The van der Waals surface area contributed by atoms with Crippen molar-refractivity contribution in [1.29, 1.82) is 0 Å². The SMILES string of the molecule is CCN(CC)CCN(C)C(=O)c1ccc(Nc2nccc(N(Cc3cc(OC)ccc3OC)C(=O)Oc3c(C)cc(F)cc3C)n2)cc1. The summed E-state index contributed by atoms with van der Waals surface area (Å²) < 4.78 is 30.8. The fourth-order valence-corrected chi connectivity index (χ4v) is 5.15. The molecule has 0 aliphatic heterocycles. The molecule has 1 aromatic heterocycles. The number of hydrogen-bond acceptors (Lipinski definition) is 9. The first-order chi connectivity index (χ1) is 23.1. The molecule has 254 valence electrons. The molecule has 0 fully saturated rings. The van der Waals surface area contributed by atoms with E-state index in [0.717, 1.165) is 19.6 Å². The van der Waals surface area contributed by atoms with Crippen LogP contribution in [-0.2, 0) is 6.54 Å². The fraction of sp³-hybridized carbons (Fsp3) is 0.333. The number of rotatable bonds is 14. The molecule has 0 aliphatic rings. The van der Waals surface area contributed by atoms with E-state index >= 15 is 0 Å². The maximum Gasteiger partial charge on any atom is 0.421 e. The normalized spacial score (nSPS) is 10.9. The van der Waals surface area contributed by atoms with Crippen LogP contribution in [-0.4, -0.2) is 79.2 Å². The molecule has 0 aliphatic carbocycles. The Kier molecular flexibility index (Phi) is 12.3. The summed E-state index contributed by atoms with van der Waals surface area (Å²) in [5, 5.41) is 3.15. The van der Waals surface area contributed by atoms with E-state index in [2.05, 4.69) is 34.0 Å². The third-order valence-corrected chi connectivity index (χ3v) is 7.95. The zero-order valence-corrected chi connectivity index (χ0v) is 28.5. The summed E-state index contributed by atoms with van der Waals surface area (Å²) in [5.41, 5.74) is 2.79. The molecule has 0 atom stereocenters. The molecule has 1 N–H and O–H groups in total. The smallest absolute Gasteiger partial charge is 0.421 e. The molecule has 2 amide bonds. The van der Waals surface area contributed by atoms with E-state index in [9.17, 15) is 14.0 Å². The predicted molar refractivity (Wildman–Crippen MR) is 184 cm³/mol. The Hall–Kier alpha value is -5.23. The molecule has 12 heteroatoms. The van der Waals surface area contributed by atoms with Gasteiger partial charge in [-0.3, -0.25) is 9.69 Å². The van der Waals surface area contributed by atoms with Crippen LogP contribution in [0, 0.1) is 19.7 Å². The molecule has 0 spiro atoms. The molecule has 1 heterocycles. The maximum atomic E-state index is 14.0. The number of carbonyl (C=O) groups excluding carboxylic acids is 2. The number of methoxy groups -OCH3 is 2. The van der Waals surface area contributed by atoms with Gasteiger partial charge in [0, 0.05) is 43.1 Å². The minimum Gasteiger partial charge on any atom is -0.497 e. The van der Waals surface area contributed by atoms with Gasteiger partial charge in [-0.15, -0.1) is 0 Å². The van der Waals surface area contributed by atoms with E-state index in [-0.39, 0.29) is 30.0 Å². The molecular formula is C36H43FN6O5. The number of anilines is 3. The molecule has 4 aromatic rings. The monoisotopic (exact) mass is 658 g/mol. The molecular weight excluding hydrogens is 615 g/mol. The van der Waals surface area contributed by atoms with Gasteiger partial charge < -0.3 is 29.3 Å². The second-order valence-corrected chi connectivity index (χ2v) is 11.2. The zero-order valence-electron chi connectivity index (χ0n) is 28.5. The van der Waals surface area contributed by atoms with E-state index in [4.69, 9.17) is 14.2 Å². The lowest BCUT2D eigenvalue weighted by atomic mass is 10.1. The number of ether oxygens (including phenoxy) is 3. The van der Waals surface area contributed by atoms with Crippen LogP contribution in [0.5, 0.6) is 17.2 Å². The maximum absolute atomic E-state index is 14.0. The second kappa shape index (κ2) is 16.6. The van der Waals surface area contributed by atoms with E-state index in [1.165, 1.54) is 30.3 Å². The highest BCUT2D eigenvalue weighted by molar-refractivity contribution is 5.94. The Morgan fingerprint density at radius 2 is 1.58 bits per heavy atom. The van der Waals surface area contributed by atoms with E-state index in [1.54, 1.807) is 81.4 Å². The predicted octanol–water partition coefficient (Wildman–Crippen LogP) is 6.61. The van der Waals surface area contributed by atoms with Crippen molar-refractivity contribution in [3.63, 3.8) is 0 Å². The first-order valence-corrected chi connectivity index (χ1v) is 15.7. The van der Waals surface area contributed by atoms with Gasteiger partial charge in [-0.1, -0.05) is 13.8 Å². The van der Waals surface area contributed by atoms with Gasteiger partial charge >= 0.3 is 6.09 Å². The quantitative estimate of drug-likeness (QED) is 0.160. The van der Waals surface area contributed by atoms with Gasteiger partial charge in [0.25, 0.3) is 5.91 Å². The number of aryl methyl sites for hydroxylation is 2. The lowest BCUT2D eigenvalue weighted by Gasteiger charge is -2.24. The topological polar surface area (TPSA) is 109 Å². The first-order valence-electron chi connectivity index (χ1n) is 15.7. The number of halogens is 1. The summed E-state index contributed by atoms with van der Waals surface area (Å²) in [4.78, 5) is 41.1. The third-order valence-electron chi connectivity index (χ3n) is 7.95. The minimum absolute atomic E-state index is 0.00749. The molecule has 0 saturated heterocycles. The van der Waals surface area contributed by atoms with Crippen LogP contribution in [0.15, 0.2) is 66.9 Å². The van der Waals surface area contributed by atoms with E-state index < -0.39 is 11.9 Å². The van der Waals surface area contributed by atoms with Gasteiger partial charge in [0.1, 0.15) is 28.9 Å². The van der Waals surface area contributed by atoms with Gasteiger partial charge in [0.2, 0.25) is 5.95 Å². The summed E-state index contributed by atoms with van der Waals surface area (Å²) in [7, 11) is 4.89. The summed E-state index contributed by atoms with van der Waals surface area (Å²) in [5.74, 6) is 1.32. The highest BCUT2D eigenvalue weighted by Crippen LogP contribution is 2.30. The van der Waals surface area contributed by atoms with Crippen LogP contribution in [0.2, 0.25) is 0 Å². The van der Waals surface area contributed by atoms with Crippen LogP contribution in [0.3, 0.4) is 0 Å². The zero-order chi connectivity index (χ0) is 34.8. The largest absolute Gasteiger partial charge is 0.497 e. The molecule has 48 heavy (non-hydrogen) atoms. The number of benzene rings is 3. The number of nitrogens with zero attached hydrogens (tertiary/aromatic N) is 5. The number of aromatic nitrogens is 2. The molecule has 0 unspecified atom stereocenters. The van der Waals surface area contributed by atoms with Crippen LogP contribution < -0.4 is 24.4 Å². The van der Waals surface area contributed by atoms with Crippen LogP contribution in [0.1, 0.15) is 40.9 Å². The van der Waals surface area contributed by atoms with Crippen molar-refractivity contribution in [2.24, 2.45) is 0 Å². The standard InChI is InChI=1S/C36H43FN6O5/c1-8-42(9-2)19-18-41(5)34(44)26-10-12-29(13-11-26)39-35-38-17-16-32(40-35)43(23-27-22-30(46-6)14-15-31(27)47-7)36(45)48-33-24(3)20-28(37)21-25(33)4/h10-17,20-22H,8-9,18-19,23H2,1-7H3,(H,38,39,40). The van der Waals surface area contributed by atoms with Crippen molar-refractivity contribution >= 4 is 29.5 Å². The number of hydrogen-bond donors (Lipinski definition) is 1. The van der Waals surface area contributed by atoms with Gasteiger partial charge in [-0.05, 0) is 98.7 Å². The van der Waals surface area contributed by atoms with Gasteiger partial charge in [0.15, 0.2) is 0 Å². The van der Waals surface area contributed by atoms with Gasteiger partial charge in [-0.25, -0.2) is 14.2 Å². The Balaban J connectivity index is 1.58. The summed E-state index contributed by atoms with van der Waals surface area (Å²) in [6.07, 6.45) is 0.778. The first kappa shape index (κ1) is 35.6. The van der Waals surface area contributed by atoms with Crippen LogP contribution in [0.25, 0.3) is 0 Å². The average Bonchev–Trinajstić information content (AvgIpc) is 3.09. The Bertz CT molecular complexity index is 1690. The van der Waals surface area contributed by atoms with Gasteiger partial charge in [-0.2, -0.15) is 4.98 Å². The minimum atomic E-state index is -0.740. The number of amides is 2. The van der Waals surface area contributed by atoms with Gasteiger partial charge in [0.05, 0.1) is 20.8 Å². The van der Waals surface area contributed by atoms with Crippen molar-refractivity contribution < 1.29 is 28.2 Å². The fourth-order valence-electron chi connectivity index (χ4n) is 5.15. The van der Waals surface area contributed by atoms with Crippen molar-refractivity contribution in [2.45, 2.75) is 34.2 Å². The highest BCUT2D eigenvalue weighted by atomic mass is 19.1. The molecule has 11 nitrogen and oxygen atoms in total. The molecule has 0 radical (unpaired) electrons. The van der Waals surface area contributed by atoms with Crippen molar-refractivity contribution in [2.75, 3.05) is 57.7 Å². The summed E-state index contributed by atoms with van der Waals surface area (Å²) in [6.45, 7) is 10.9. The molecule has 0 saturated carbocycles. The number of likely N-dealkylation sites (N-methyl/N-ethyl adjacent to an activating group) is 2. The molecule has 3 aromatic carbocycles. The lowest BCUT2D eigenvalue weighted by Crippen LogP contribution is -2.36. The van der Waals surface area contributed by atoms with E-state index in [0.29, 0.717) is 46.0 Å². The molecule has 4 rings (SSSR count).